The van der Waals surface area contributed by atoms with Crippen molar-refractivity contribution in [2.24, 2.45) is 0 Å². The normalized spacial score (nSPS) is 25.6. The molecule has 0 unspecified atom stereocenters. The third-order valence-corrected chi connectivity index (χ3v) is 3.81. The molecule has 10 heteroatoms. The summed E-state index contributed by atoms with van der Waals surface area (Å²) < 4.78 is 55.3. The molecule has 1 fully saturated rings. The SMILES string of the molecule is O=C(NC[C@@H]1CCCO1)N[C@]1(C(F)(F)F)Oc2ccc(Cl)cc2O1. The summed E-state index contributed by atoms with van der Waals surface area (Å²) in [6.45, 7) is 0.668. The van der Waals surface area contributed by atoms with Crippen LogP contribution in [0.15, 0.2) is 18.2 Å². The molecule has 6 nitrogen and oxygen atoms in total. The number of carbonyl (C=O) groups is 1. The number of halogens is 4. The number of amides is 2. The molecule has 0 aromatic heterocycles. The summed E-state index contributed by atoms with van der Waals surface area (Å²) in [5.74, 6) is -3.68. The summed E-state index contributed by atoms with van der Waals surface area (Å²) in [5, 5.41) is 4.21. The van der Waals surface area contributed by atoms with E-state index in [2.05, 4.69) is 5.32 Å². The van der Waals surface area contributed by atoms with Gasteiger partial charge in [-0.15, -0.1) is 0 Å². The van der Waals surface area contributed by atoms with Gasteiger partial charge < -0.3 is 19.5 Å². The van der Waals surface area contributed by atoms with E-state index in [1.807, 2.05) is 0 Å². The van der Waals surface area contributed by atoms with Crippen LogP contribution < -0.4 is 20.1 Å². The van der Waals surface area contributed by atoms with Gasteiger partial charge in [0.25, 0.3) is 0 Å². The van der Waals surface area contributed by atoms with Crippen LogP contribution in [0.3, 0.4) is 0 Å². The molecule has 2 amide bonds. The van der Waals surface area contributed by atoms with E-state index in [-0.39, 0.29) is 29.2 Å². The number of ether oxygens (including phenoxy) is 3. The zero-order chi connectivity index (χ0) is 17.4. The van der Waals surface area contributed by atoms with Gasteiger partial charge in [0.05, 0.1) is 6.10 Å². The first-order valence-corrected chi connectivity index (χ1v) is 7.59. The van der Waals surface area contributed by atoms with Gasteiger partial charge in [0.15, 0.2) is 11.5 Å². The van der Waals surface area contributed by atoms with E-state index in [9.17, 15) is 18.0 Å². The first-order chi connectivity index (χ1) is 11.3. The van der Waals surface area contributed by atoms with E-state index in [4.69, 9.17) is 25.8 Å². The molecule has 0 radical (unpaired) electrons. The average molecular weight is 367 g/mol. The van der Waals surface area contributed by atoms with E-state index in [1.165, 1.54) is 18.2 Å². The molecule has 2 N–H and O–H groups in total. The summed E-state index contributed by atoms with van der Waals surface area (Å²) in [6.07, 6.45) is -3.64. The van der Waals surface area contributed by atoms with Gasteiger partial charge in [-0.25, -0.2) is 4.79 Å². The Hall–Kier alpha value is -1.87. The molecule has 0 bridgehead atoms. The predicted octanol–water partition coefficient (Wildman–Crippen LogP) is 2.81. The largest absolute Gasteiger partial charge is 0.492 e. The highest BCUT2D eigenvalue weighted by molar-refractivity contribution is 6.30. The zero-order valence-electron chi connectivity index (χ0n) is 12.3. The summed E-state index contributed by atoms with van der Waals surface area (Å²) >= 11 is 5.73. The molecule has 2 heterocycles. The van der Waals surface area contributed by atoms with Gasteiger partial charge in [-0.3, -0.25) is 5.32 Å². The lowest BCUT2D eigenvalue weighted by Crippen LogP contribution is -2.66. The maximum atomic E-state index is 13.4. The van der Waals surface area contributed by atoms with Crippen LogP contribution in [0.1, 0.15) is 12.8 Å². The van der Waals surface area contributed by atoms with Crippen molar-refractivity contribution < 1.29 is 32.2 Å². The molecule has 2 aliphatic rings. The summed E-state index contributed by atoms with van der Waals surface area (Å²) in [5.41, 5.74) is 0. The molecular weight excluding hydrogens is 353 g/mol. The van der Waals surface area contributed by atoms with Crippen molar-refractivity contribution in [3.8, 4) is 11.5 Å². The molecule has 1 saturated heterocycles. The summed E-state index contributed by atoms with van der Waals surface area (Å²) in [7, 11) is 0. The number of rotatable bonds is 3. The molecule has 24 heavy (non-hydrogen) atoms. The van der Waals surface area contributed by atoms with Crippen molar-refractivity contribution in [3.05, 3.63) is 23.2 Å². The fourth-order valence-electron chi connectivity index (χ4n) is 2.42. The molecule has 2 aliphatic heterocycles. The lowest BCUT2D eigenvalue weighted by atomic mass is 10.2. The maximum absolute atomic E-state index is 13.4. The first kappa shape index (κ1) is 17.0. The van der Waals surface area contributed by atoms with Crippen molar-refractivity contribution in [1.29, 1.82) is 0 Å². The summed E-state index contributed by atoms with van der Waals surface area (Å²) in [6, 6.07) is 2.68. The van der Waals surface area contributed by atoms with Gasteiger partial charge in [0.1, 0.15) is 0 Å². The zero-order valence-corrected chi connectivity index (χ0v) is 13.0. The number of fused-ring (bicyclic) bond motifs is 1. The Bertz CT molecular complexity index is 637. The molecule has 1 aromatic carbocycles. The molecule has 132 valence electrons. The molecule has 0 aliphatic carbocycles. The van der Waals surface area contributed by atoms with Crippen molar-refractivity contribution in [2.75, 3.05) is 13.2 Å². The minimum Gasteiger partial charge on any atom is -0.424 e. The number of alkyl halides is 3. The Morgan fingerprint density at radius 2 is 2.08 bits per heavy atom. The molecular formula is C14H14ClF3N2O4. The fourth-order valence-corrected chi connectivity index (χ4v) is 2.58. The Kier molecular flexibility index (Phi) is 4.39. The van der Waals surface area contributed by atoms with Crippen LogP contribution in [-0.4, -0.2) is 37.4 Å². The third kappa shape index (κ3) is 3.32. The molecule has 2 atom stereocenters. The lowest BCUT2D eigenvalue weighted by Gasteiger charge is -2.29. The number of hydrogen-bond donors (Lipinski definition) is 2. The topological polar surface area (TPSA) is 68.8 Å². The van der Waals surface area contributed by atoms with Gasteiger partial charge in [0, 0.05) is 24.2 Å². The molecule has 0 spiro atoms. The van der Waals surface area contributed by atoms with E-state index in [0.29, 0.717) is 6.61 Å². The molecule has 0 saturated carbocycles. The first-order valence-electron chi connectivity index (χ1n) is 7.21. The van der Waals surface area contributed by atoms with Crippen molar-refractivity contribution >= 4 is 17.6 Å². The quantitative estimate of drug-likeness (QED) is 0.863. The van der Waals surface area contributed by atoms with E-state index in [1.54, 1.807) is 5.32 Å². The molecule has 1 aromatic rings. The Morgan fingerprint density at radius 3 is 2.75 bits per heavy atom. The number of carbonyl (C=O) groups excluding carboxylic acids is 1. The molecule has 3 rings (SSSR count). The highest BCUT2D eigenvalue weighted by Crippen LogP contribution is 2.46. The van der Waals surface area contributed by atoms with E-state index >= 15 is 0 Å². The van der Waals surface area contributed by atoms with E-state index < -0.39 is 18.1 Å². The number of benzene rings is 1. The second-order valence-electron chi connectivity index (χ2n) is 5.38. The van der Waals surface area contributed by atoms with Gasteiger partial charge in [0.2, 0.25) is 0 Å². The number of nitrogens with one attached hydrogen (secondary N) is 2. The Morgan fingerprint density at radius 1 is 1.33 bits per heavy atom. The van der Waals surface area contributed by atoms with Crippen LogP contribution in [0.2, 0.25) is 5.02 Å². The Labute approximate surface area is 140 Å². The van der Waals surface area contributed by atoms with Crippen LogP contribution in [0, 0.1) is 0 Å². The lowest BCUT2D eigenvalue weighted by molar-refractivity contribution is -0.317. The smallest absolute Gasteiger partial charge is 0.424 e. The second kappa shape index (κ2) is 6.21. The average Bonchev–Trinajstić information content (AvgIpc) is 3.11. The van der Waals surface area contributed by atoms with Gasteiger partial charge in [-0.2, -0.15) is 13.2 Å². The fraction of sp³-hybridized carbons (Fsp3) is 0.500. The monoisotopic (exact) mass is 366 g/mol. The standard InChI is InChI=1S/C14H14ClF3N2O4/c15-8-3-4-10-11(6-8)24-14(23-10,13(16,17)18)20-12(21)19-7-9-2-1-5-22-9/h3-4,6,9H,1-2,5,7H2,(H2,19,20,21)/t9-,14+/m0/s1. The highest BCUT2D eigenvalue weighted by atomic mass is 35.5. The predicted molar refractivity (Wildman–Crippen MR) is 77.0 cm³/mol. The van der Waals surface area contributed by atoms with Gasteiger partial charge in [-0.05, 0) is 25.0 Å². The summed E-state index contributed by atoms with van der Waals surface area (Å²) in [4.78, 5) is 11.9. The van der Waals surface area contributed by atoms with E-state index in [0.717, 1.165) is 12.8 Å². The highest BCUT2D eigenvalue weighted by Gasteiger charge is 2.65. The van der Waals surface area contributed by atoms with Crippen LogP contribution in [0.25, 0.3) is 0 Å². The number of hydrogen-bond acceptors (Lipinski definition) is 4. The number of urea groups is 1. The minimum absolute atomic E-state index is 0.0958. The van der Waals surface area contributed by atoms with Gasteiger partial charge in [-0.1, -0.05) is 11.6 Å². The van der Waals surface area contributed by atoms with Gasteiger partial charge >= 0.3 is 18.1 Å². The second-order valence-corrected chi connectivity index (χ2v) is 5.82. The van der Waals surface area contributed by atoms with Crippen LogP contribution in [-0.2, 0) is 4.74 Å². The van der Waals surface area contributed by atoms with Crippen molar-refractivity contribution in [2.45, 2.75) is 31.0 Å². The third-order valence-electron chi connectivity index (χ3n) is 3.58. The van der Waals surface area contributed by atoms with Crippen LogP contribution >= 0.6 is 11.6 Å². The van der Waals surface area contributed by atoms with Crippen molar-refractivity contribution in [1.82, 2.24) is 10.6 Å². The minimum atomic E-state index is -5.01. The van der Waals surface area contributed by atoms with Crippen LogP contribution in [0.4, 0.5) is 18.0 Å². The Balaban J connectivity index is 1.70. The van der Waals surface area contributed by atoms with Crippen LogP contribution in [0.5, 0.6) is 11.5 Å². The maximum Gasteiger partial charge on any atom is 0.492 e. The van der Waals surface area contributed by atoms with Crippen molar-refractivity contribution in [3.63, 3.8) is 0 Å².